The van der Waals surface area contributed by atoms with E-state index in [1.165, 1.54) is 6.42 Å². The molecule has 2 N–H and O–H groups in total. The summed E-state index contributed by atoms with van der Waals surface area (Å²) in [5, 5.41) is 7.04. The van der Waals surface area contributed by atoms with E-state index in [-0.39, 0.29) is 11.6 Å². The molecule has 2 heteroatoms. The maximum Gasteiger partial charge on any atom is 0.0686 e. The van der Waals surface area contributed by atoms with Gasteiger partial charge in [0.1, 0.15) is 0 Å². The standard InChI is InChI=1S/C12H22N2/c1-5-10(6-2)14-11-7-8-13-12(3,4)9-11/h1,10-11,13-14H,6-9H2,2-4H3. The number of piperidine rings is 1. The van der Waals surface area contributed by atoms with Gasteiger partial charge in [-0.15, -0.1) is 6.42 Å². The van der Waals surface area contributed by atoms with Gasteiger partial charge in [0.2, 0.25) is 0 Å². The van der Waals surface area contributed by atoms with Crippen LogP contribution in [-0.2, 0) is 0 Å². The van der Waals surface area contributed by atoms with Crippen LogP contribution >= 0.6 is 0 Å². The van der Waals surface area contributed by atoms with Crippen molar-refractivity contribution in [2.75, 3.05) is 6.54 Å². The third kappa shape index (κ3) is 3.32. The van der Waals surface area contributed by atoms with E-state index < -0.39 is 0 Å². The summed E-state index contributed by atoms with van der Waals surface area (Å²) in [5.74, 6) is 2.79. The largest absolute Gasteiger partial charge is 0.312 e. The summed E-state index contributed by atoms with van der Waals surface area (Å²) in [5.41, 5.74) is 0.253. The molecule has 2 nitrogen and oxygen atoms in total. The molecule has 1 aliphatic rings. The molecule has 2 unspecified atom stereocenters. The van der Waals surface area contributed by atoms with Gasteiger partial charge in [-0.05, 0) is 39.7 Å². The molecule has 0 aromatic carbocycles. The molecule has 2 atom stereocenters. The smallest absolute Gasteiger partial charge is 0.0686 e. The fourth-order valence-corrected chi connectivity index (χ4v) is 2.09. The number of rotatable bonds is 3. The van der Waals surface area contributed by atoms with Crippen LogP contribution in [0.3, 0.4) is 0 Å². The predicted octanol–water partition coefficient (Wildman–Crippen LogP) is 1.52. The number of nitrogens with one attached hydrogen (secondary N) is 2. The zero-order valence-electron chi connectivity index (χ0n) is 9.56. The van der Waals surface area contributed by atoms with Gasteiger partial charge in [-0.25, -0.2) is 0 Å². The van der Waals surface area contributed by atoms with Gasteiger partial charge in [0.15, 0.2) is 0 Å². The molecule has 0 saturated carbocycles. The predicted molar refractivity (Wildman–Crippen MR) is 61.2 cm³/mol. The summed E-state index contributed by atoms with van der Waals surface area (Å²) < 4.78 is 0. The Morgan fingerprint density at radius 3 is 2.86 bits per heavy atom. The second-order valence-electron chi connectivity index (χ2n) is 4.79. The van der Waals surface area contributed by atoms with Crippen LogP contribution in [0.5, 0.6) is 0 Å². The van der Waals surface area contributed by atoms with E-state index >= 15 is 0 Å². The van der Waals surface area contributed by atoms with Crippen LogP contribution in [0.2, 0.25) is 0 Å². The summed E-state index contributed by atoms with van der Waals surface area (Å²) in [6.07, 6.45) is 8.79. The van der Waals surface area contributed by atoms with Gasteiger partial charge in [0.05, 0.1) is 6.04 Å². The third-order valence-electron chi connectivity index (χ3n) is 2.90. The summed E-state index contributed by atoms with van der Waals surface area (Å²) in [6.45, 7) is 7.71. The summed E-state index contributed by atoms with van der Waals surface area (Å²) in [6, 6.07) is 0.821. The Bertz CT molecular complexity index is 215. The second kappa shape index (κ2) is 4.82. The Balaban J connectivity index is 2.42. The average molecular weight is 194 g/mol. The Morgan fingerprint density at radius 2 is 2.36 bits per heavy atom. The lowest BCUT2D eigenvalue weighted by Gasteiger charge is -2.37. The van der Waals surface area contributed by atoms with Crippen molar-refractivity contribution in [1.82, 2.24) is 10.6 Å². The third-order valence-corrected chi connectivity index (χ3v) is 2.90. The molecule has 1 rings (SSSR count). The quantitative estimate of drug-likeness (QED) is 0.666. The zero-order chi connectivity index (χ0) is 10.6. The van der Waals surface area contributed by atoms with Gasteiger partial charge >= 0.3 is 0 Å². The van der Waals surface area contributed by atoms with Crippen molar-refractivity contribution in [2.24, 2.45) is 0 Å². The first-order chi connectivity index (χ1) is 6.57. The molecule has 0 bridgehead atoms. The normalized spacial score (nSPS) is 28.0. The van der Waals surface area contributed by atoms with Gasteiger partial charge < -0.3 is 10.6 Å². The maximum atomic E-state index is 5.44. The minimum Gasteiger partial charge on any atom is -0.312 e. The van der Waals surface area contributed by atoms with Gasteiger partial charge in [0, 0.05) is 11.6 Å². The van der Waals surface area contributed by atoms with Gasteiger partial charge in [-0.2, -0.15) is 0 Å². The number of hydrogen-bond acceptors (Lipinski definition) is 2. The van der Waals surface area contributed by atoms with E-state index in [9.17, 15) is 0 Å². The van der Waals surface area contributed by atoms with Crippen LogP contribution < -0.4 is 10.6 Å². The van der Waals surface area contributed by atoms with E-state index in [4.69, 9.17) is 6.42 Å². The first-order valence-electron chi connectivity index (χ1n) is 5.54. The lowest BCUT2D eigenvalue weighted by Crippen LogP contribution is -2.53. The van der Waals surface area contributed by atoms with Crippen LogP contribution in [0, 0.1) is 12.3 Å². The molecule has 14 heavy (non-hydrogen) atoms. The molecule has 0 aliphatic carbocycles. The number of hydrogen-bond donors (Lipinski definition) is 2. The first kappa shape index (κ1) is 11.6. The monoisotopic (exact) mass is 194 g/mol. The highest BCUT2D eigenvalue weighted by Crippen LogP contribution is 2.18. The first-order valence-corrected chi connectivity index (χ1v) is 5.54. The maximum absolute atomic E-state index is 5.44. The minimum absolute atomic E-state index is 0.244. The molecule has 0 spiro atoms. The fraction of sp³-hybridized carbons (Fsp3) is 0.833. The molecule has 1 heterocycles. The Labute approximate surface area is 87.8 Å². The molecular weight excluding hydrogens is 172 g/mol. The topological polar surface area (TPSA) is 24.1 Å². The fourth-order valence-electron chi connectivity index (χ4n) is 2.09. The lowest BCUT2D eigenvalue weighted by molar-refractivity contribution is 0.242. The van der Waals surface area contributed by atoms with Crippen LogP contribution in [0.1, 0.15) is 40.0 Å². The molecule has 1 fully saturated rings. The minimum atomic E-state index is 0.244. The molecule has 1 saturated heterocycles. The average Bonchev–Trinajstić information content (AvgIpc) is 2.12. The highest BCUT2D eigenvalue weighted by atomic mass is 15.0. The van der Waals surface area contributed by atoms with Crippen molar-refractivity contribution in [1.29, 1.82) is 0 Å². The van der Waals surface area contributed by atoms with Crippen molar-refractivity contribution in [3.8, 4) is 12.3 Å². The van der Waals surface area contributed by atoms with E-state index in [0.29, 0.717) is 6.04 Å². The Morgan fingerprint density at radius 1 is 1.64 bits per heavy atom. The van der Waals surface area contributed by atoms with Crippen LogP contribution in [0.15, 0.2) is 0 Å². The van der Waals surface area contributed by atoms with E-state index in [2.05, 4.69) is 37.3 Å². The Hall–Kier alpha value is -0.520. The molecule has 1 aliphatic heterocycles. The lowest BCUT2D eigenvalue weighted by atomic mass is 9.89. The molecule has 0 radical (unpaired) electrons. The van der Waals surface area contributed by atoms with Crippen molar-refractivity contribution in [3.63, 3.8) is 0 Å². The number of terminal acetylenes is 1. The van der Waals surface area contributed by atoms with Crippen molar-refractivity contribution in [3.05, 3.63) is 0 Å². The van der Waals surface area contributed by atoms with Crippen LogP contribution in [-0.4, -0.2) is 24.2 Å². The van der Waals surface area contributed by atoms with Gasteiger partial charge in [0.25, 0.3) is 0 Å². The second-order valence-corrected chi connectivity index (χ2v) is 4.79. The highest BCUT2D eigenvalue weighted by molar-refractivity contribution is 5.01. The van der Waals surface area contributed by atoms with Crippen molar-refractivity contribution < 1.29 is 0 Å². The molecule has 0 aromatic heterocycles. The van der Waals surface area contributed by atoms with Crippen molar-refractivity contribution in [2.45, 2.75) is 57.7 Å². The molecule has 80 valence electrons. The van der Waals surface area contributed by atoms with Crippen molar-refractivity contribution >= 4 is 0 Å². The zero-order valence-corrected chi connectivity index (χ0v) is 9.56. The van der Waals surface area contributed by atoms with Crippen LogP contribution in [0.4, 0.5) is 0 Å². The Kier molecular flexibility index (Phi) is 3.97. The van der Waals surface area contributed by atoms with Gasteiger partial charge in [-0.1, -0.05) is 12.8 Å². The molecular formula is C12H22N2. The van der Waals surface area contributed by atoms with Gasteiger partial charge in [-0.3, -0.25) is 0 Å². The van der Waals surface area contributed by atoms with E-state index in [1.54, 1.807) is 0 Å². The highest BCUT2D eigenvalue weighted by Gasteiger charge is 2.27. The van der Waals surface area contributed by atoms with E-state index in [0.717, 1.165) is 19.4 Å². The summed E-state index contributed by atoms with van der Waals surface area (Å²) in [7, 11) is 0. The van der Waals surface area contributed by atoms with E-state index in [1.807, 2.05) is 0 Å². The molecule has 0 amide bonds. The summed E-state index contributed by atoms with van der Waals surface area (Å²) in [4.78, 5) is 0. The SMILES string of the molecule is C#CC(CC)NC1CCNC(C)(C)C1. The van der Waals surface area contributed by atoms with Crippen LogP contribution in [0.25, 0.3) is 0 Å². The summed E-state index contributed by atoms with van der Waals surface area (Å²) >= 11 is 0. The molecule has 0 aromatic rings.